The Morgan fingerprint density at radius 1 is 1.05 bits per heavy atom. The zero-order chi connectivity index (χ0) is 32.0. The molecule has 2 aliphatic rings. The van der Waals surface area contributed by atoms with Crippen molar-refractivity contribution < 1.29 is 29.3 Å². The predicted molar refractivity (Wildman–Crippen MR) is 168 cm³/mol. The number of nitrogens with zero attached hydrogens (tertiary/aromatic N) is 1. The van der Waals surface area contributed by atoms with E-state index in [1.54, 1.807) is 12.1 Å². The summed E-state index contributed by atoms with van der Waals surface area (Å²) < 4.78 is 6.49. The SMILES string of the molecule is CCC(C)[C@@H]1NCC2CCc3cccc(c3O2)CCCNC(=O)[C@@H](Cc2ccc(O)cc2)NC(=O)[C@H](C(C)(C)O)N(C)C1=O. The number of benzene rings is 2. The van der Waals surface area contributed by atoms with Gasteiger partial charge in [0.05, 0.1) is 11.6 Å². The van der Waals surface area contributed by atoms with Crippen LogP contribution in [0.4, 0.5) is 0 Å². The molecule has 2 heterocycles. The number of fused-ring (bicyclic) bond motifs is 1. The van der Waals surface area contributed by atoms with Crippen LogP contribution in [0.25, 0.3) is 0 Å². The molecule has 3 amide bonds. The van der Waals surface area contributed by atoms with E-state index in [1.807, 2.05) is 19.9 Å². The zero-order valence-electron chi connectivity index (χ0n) is 26.6. The van der Waals surface area contributed by atoms with Crippen molar-refractivity contribution in [1.82, 2.24) is 20.9 Å². The molecule has 0 spiro atoms. The number of likely N-dealkylation sites (N-methyl/N-ethyl adjacent to an activating group) is 1. The van der Waals surface area contributed by atoms with Crippen molar-refractivity contribution in [3.63, 3.8) is 0 Å². The Morgan fingerprint density at radius 3 is 2.39 bits per heavy atom. The normalized spacial score (nSPS) is 24.8. The van der Waals surface area contributed by atoms with Crippen molar-refractivity contribution in [1.29, 1.82) is 0 Å². The number of aliphatic hydroxyl groups is 1. The van der Waals surface area contributed by atoms with Crippen LogP contribution in [0.5, 0.6) is 11.5 Å². The number of aromatic hydroxyl groups is 1. The standard InChI is InChI=1S/C34H48N4O6/c1-6-21(2)28-33(42)38(5)30(34(3,4)43)32(41)37-27(19-22-12-15-25(39)16-13-22)31(40)35-18-8-11-23-9-7-10-24-14-17-26(20-36-28)44-29(23)24/h7,9-10,12-13,15-16,21,26-28,30,36,39,43H,6,8,11,14,17-20H2,1-5H3,(H,35,40)(H,37,41)/t21?,26?,27-,28+,30-/m1/s1. The summed E-state index contributed by atoms with van der Waals surface area (Å²) in [4.78, 5) is 42.7. The van der Waals surface area contributed by atoms with E-state index in [-0.39, 0.29) is 36.0 Å². The number of nitrogens with one attached hydrogen (secondary N) is 3. The predicted octanol–water partition coefficient (Wildman–Crippen LogP) is 2.48. The summed E-state index contributed by atoms with van der Waals surface area (Å²) in [6.07, 6.45) is 3.82. The number of hydrogen-bond acceptors (Lipinski definition) is 7. The van der Waals surface area contributed by atoms with Crippen LogP contribution in [0.2, 0.25) is 0 Å². The van der Waals surface area contributed by atoms with Crippen molar-refractivity contribution in [2.24, 2.45) is 5.92 Å². The Morgan fingerprint density at radius 2 is 1.73 bits per heavy atom. The van der Waals surface area contributed by atoms with Gasteiger partial charge in [-0.1, -0.05) is 50.6 Å². The molecule has 0 aromatic heterocycles. The second kappa shape index (κ2) is 14.4. The minimum absolute atomic E-state index is 0.0551. The molecule has 0 radical (unpaired) electrons. The molecule has 2 aromatic rings. The molecule has 0 saturated carbocycles. The van der Waals surface area contributed by atoms with Gasteiger partial charge in [0.1, 0.15) is 29.7 Å². The molecule has 2 aromatic carbocycles. The number of ether oxygens (including phenoxy) is 1. The van der Waals surface area contributed by atoms with Gasteiger partial charge in [-0.2, -0.15) is 0 Å². The van der Waals surface area contributed by atoms with Crippen LogP contribution in [-0.2, 0) is 33.6 Å². The highest BCUT2D eigenvalue weighted by Crippen LogP contribution is 2.32. The largest absolute Gasteiger partial charge is 0.508 e. The van der Waals surface area contributed by atoms with E-state index >= 15 is 0 Å². The minimum atomic E-state index is -1.61. The molecule has 10 nitrogen and oxygen atoms in total. The number of phenolic OH excluding ortho intramolecular Hbond substituents is 1. The Hall–Kier alpha value is -3.63. The zero-order valence-corrected chi connectivity index (χ0v) is 26.6. The average Bonchev–Trinajstić information content (AvgIpc) is 2.98. The first-order valence-electron chi connectivity index (χ1n) is 15.7. The molecular weight excluding hydrogens is 560 g/mol. The van der Waals surface area contributed by atoms with Crippen LogP contribution in [0.1, 0.15) is 63.6 Å². The number of hydrogen-bond donors (Lipinski definition) is 5. The van der Waals surface area contributed by atoms with E-state index in [0.29, 0.717) is 25.9 Å². The Balaban J connectivity index is 1.68. The van der Waals surface area contributed by atoms with E-state index in [0.717, 1.165) is 41.7 Å². The lowest BCUT2D eigenvalue weighted by Gasteiger charge is -2.39. The lowest BCUT2D eigenvalue weighted by atomic mass is 9.92. The van der Waals surface area contributed by atoms with E-state index in [4.69, 9.17) is 4.74 Å². The first-order valence-corrected chi connectivity index (χ1v) is 15.7. The monoisotopic (exact) mass is 608 g/mol. The van der Waals surface area contributed by atoms with Gasteiger partial charge in [-0.3, -0.25) is 14.4 Å². The van der Waals surface area contributed by atoms with Crippen molar-refractivity contribution in [2.45, 2.75) is 96.1 Å². The summed E-state index contributed by atoms with van der Waals surface area (Å²) in [6.45, 7) is 7.82. The highest BCUT2D eigenvalue weighted by molar-refractivity contribution is 5.94. The fourth-order valence-electron chi connectivity index (χ4n) is 6.15. The van der Waals surface area contributed by atoms with E-state index < -0.39 is 29.6 Å². The number of aryl methyl sites for hydroxylation is 2. The van der Waals surface area contributed by atoms with Crippen molar-refractivity contribution >= 4 is 17.7 Å². The molecule has 2 bridgehead atoms. The number of amides is 3. The molecule has 5 N–H and O–H groups in total. The molecule has 44 heavy (non-hydrogen) atoms. The van der Waals surface area contributed by atoms with Crippen LogP contribution in [0.3, 0.4) is 0 Å². The third-order valence-corrected chi connectivity index (χ3v) is 8.83. The van der Waals surface area contributed by atoms with Gasteiger partial charge < -0.3 is 35.8 Å². The lowest BCUT2D eigenvalue weighted by molar-refractivity contribution is -0.150. The summed E-state index contributed by atoms with van der Waals surface area (Å²) >= 11 is 0. The van der Waals surface area contributed by atoms with Gasteiger partial charge in [-0.05, 0) is 74.3 Å². The molecule has 5 atom stereocenters. The molecule has 0 aliphatic carbocycles. The maximum absolute atomic E-state index is 14.0. The quantitative estimate of drug-likeness (QED) is 0.351. The van der Waals surface area contributed by atoms with Gasteiger partial charge in [0, 0.05) is 26.6 Å². The fourth-order valence-corrected chi connectivity index (χ4v) is 6.15. The summed E-state index contributed by atoms with van der Waals surface area (Å²) in [7, 11) is 1.52. The number of para-hydroxylation sites is 1. The van der Waals surface area contributed by atoms with Gasteiger partial charge in [0.2, 0.25) is 17.7 Å². The van der Waals surface area contributed by atoms with Crippen LogP contribution in [0, 0.1) is 5.92 Å². The highest BCUT2D eigenvalue weighted by atomic mass is 16.5. The molecular formula is C34H48N4O6. The van der Waals surface area contributed by atoms with Gasteiger partial charge in [-0.15, -0.1) is 0 Å². The minimum Gasteiger partial charge on any atom is -0.508 e. The molecule has 2 aliphatic heterocycles. The molecule has 0 saturated heterocycles. The molecule has 10 heteroatoms. The molecule has 0 fully saturated rings. The second-order valence-electron chi connectivity index (χ2n) is 12.8. The summed E-state index contributed by atoms with van der Waals surface area (Å²) in [5, 5.41) is 30.1. The summed E-state index contributed by atoms with van der Waals surface area (Å²) in [5.74, 6) is -0.396. The van der Waals surface area contributed by atoms with Crippen molar-refractivity contribution in [3.05, 3.63) is 59.2 Å². The van der Waals surface area contributed by atoms with E-state index in [1.165, 1.54) is 37.9 Å². The summed E-state index contributed by atoms with van der Waals surface area (Å²) in [6, 6.07) is 9.76. The Labute approximate surface area is 260 Å². The Kier molecular flexibility index (Phi) is 10.9. The van der Waals surface area contributed by atoms with Crippen LogP contribution in [-0.4, -0.2) is 82.8 Å². The van der Waals surface area contributed by atoms with Gasteiger partial charge in [0.25, 0.3) is 0 Å². The molecule has 240 valence electrons. The van der Waals surface area contributed by atoms with Gasteiger partial charge in [0.15, 0.2) is 0 Å². The Bertz CT molecular complexity index is 1310. The number of phenols is 1. The summed E-state index contributed by atoms with van der Waals surface area (Å²) in [5.41, 5.74) is 1.37. The van der Waals surface area contributed by atoms with Gasteiger partial charge >= 0.3 is 0 Å². The van der Waals surface area contributed by atoms with Crippen molar-refractivity contribution in [2.75, 3.05) is 20.1 Å². The van der Waals surface area contributed by atoms with Crippen LogP contribution >= 0.6 is 0 Å². The third-order valence-electron chi connectivity index (χ3n) is 8.83. The maximum Gasteiger partial charge on any atom is 0.246 e. The second-order valence-corrected chi connectivity index (χ2v) is 12.8. The highest BCUT2D eigenvalue weighted by Gasteiger charge is 2.42. The average molecular weight is 609 g/mol. The first-order chi connectivity index (χ1) is 20.9. The smallest absolute Gasteiger partial charge is 0.246 e. The maximum atomic E-state index is 14.0. The number of carbonyl (C=O) groups is 3. The third kappa shape index (κ3) is 8.09. The molecule has 4 rings (SSSR count). The van der Waals surface area contributed by atoms with Crippen molar-refractivity contribution in [3.8, 4) is 11.5 Å². The van der Waals surface area contributed by atoms with E-state index in [2.05, 4.69) is 28.1 Å². The topological polar surface area (TPSA) is 140 Å². The number of rotatable bonds is 5. The van der Waals surface area contributed by atoms with Gasteiger partial charge in [-0.25, -0.2) is 0 Å². The fraction of sp³-hybridized carbons (Fsp3) is 0.559. The van der Waals surface area contributed by atoms with E-state index in [9.17, 15) is 24.6 Å². The number of carbonyl (C=O) groups excluding carboxylic acids is 3. The molecule has 2 unspecified atom stereocenters. The first kappa shape index (κ1) is 33.3. The van der Waals surface area contributed by atoms with Crippen LogP contribution < -0.4 is 20.7 Å². The lowest BCUT2D eigenvalue weighted by Crippen LogP contribution is -2.64. The van der Waals surface area contributed by atoms with Crippen LogP contribution in [0.15, 0.2) is 42.5 Å².